The van der Waals surface area contributed by atoms with E-state index in [4.69, 9.17) is 19.5 Å². The molecule has 2 atom stereocenters. The minimum absolute atomic E-state index is 0.105. The maximum atomic E-state index is 13.0. The number of imidazole rings is 1. The average Bonchev–Trinajstić information content (AvgIpc) is 3.47. The van der Waals surface area contributed by atoms with Gasteiger partial charge in [0.2, 0.25) is 0 Å². The monoisotopic (exact) mass is 514 g/mol. The molecule has 0 saturated carbocycles. The number of hydrogen-bond donors (Lipinski definition) is 2. The predicted octanol–water partition coefficient (Wildman–Crippen LogP) is 5.27. The molecule has 198 valence electrons. The molecule has 0 unspecified atom stereocenters. The number of allylic oxidation sites excluding steroid dienone is 2. The van der Waals surface area contributed by atoms with Crippen molar-refractivity contribution in [1.82, 2.24) is 9.97 Å². The summed E-state index contributed by atoms with van der Waals surface area (Å²) >= 11 is 0. The van der Waals surface area contributed by atoms with Gasteiger partial charge in [-0.05, 0) is 65.7 Å². The summed E-state index contributed by atoms with van der Waals surface area (Å²) in [6.45, 7) is 5.42. The van der Waals surface area contributed by atoms with Crippen molar-refractivity contribution in [1.29, 1.82) is 5.26 Å². The first-order valence-electron chi connectivity index (χ1n) is 12.9. The van der Waals surface area contributed by atoms with Gasteiger partial charge in [-0.15, -0.1) is 0 Å². The third kappa shape index (κ3) is 5.10. The number of amides is 1. The molecular formula is C30H34N4O4. The molecule has 0 saturated heterocycles. The number of hydrogen-bond acceptors (Lipinski definition) is 6. The fourth-order valence-corrected chi connectivity index (χ4v) is 5.60. The summed E-state index contributed by atoms with van der Waals surface area (Å²) in [4.78, 5) is 19.8. The van der Waals surface area contributed by atoms with Gasteiger partial charge in [-0.25, -0.2) is 4.98 Å². The number of methoxy groups -OCH3 is 2. The van der Waals surface area contributed by atoms with Crippen LogP contribution in [0.3, 0.4) is 0 Å². The lowest BCUT2D eigenvalue weighted by Crippen LogP contribution is -2.45. The number of carbonyl (C=O) groups is 1. The van der Waals surface area contributed by atoms with Crippen molar-refractivity contribution in [3.05, 3.63) is 71.3 Å². The molecule has 3 aliphatic rings. The molecule has 2 bridgehead atoms. The van der Waals surface area contributed by atoms with Crippen LogP contribution in [0.2, 0.25) is 0 Å². The second-order valence-electron chi connectivity index (χ2n) is 11.2. The highest BCUT2D eigenvalue weighted by molar-refractivity contribution is 6.03. The Labute approximate surface area is 223 Å². The van der Waals surface area contributed by atoms with E-state index in [0.717, 1.165) is 36.0 Å². The summed E-state index contributed by atoms with van der Waals surface area (Å²) in [6.07, 6.45) is 13.6. The van der Waals surface area contributed by atoms with Crippen molar-refractivity contribution < 1.29 is 19.0 Å². The lowest BCUT2D eigenvalue weighted by atomic mass is 9.76. The van der Waals surface area contributed by atoms with E-state index in [0.29, 0.717) is 25.3 Å². The van der Waals surface area contributed by atoms with Crippen LogP contribution in [0.25, 0.3) is 11.1 Å². The molecule has 8 heteroatoms. The number of aromatic nitrogens is 2. The number of benzene rings is 1. The Kier molecular flexibility index (Phi) is 6.86. The van der Waals surface area contributed by atoms with Gasteiger partial charge in [0.05, 0.1) is 19.4 Å². The van der Waals surface area contributed by atoms with Gasteiger partial charge < -0.3 is 24.5 Å². The molecule has 8 nitrogen and oxygen atoms in total. The quantitative estimate of drug-likeness (QED) is 0.465. The summed E-state index contributed by atoms with van der Waals surface area (Å²) < 4.78 is 17.5. The van der Waals surface area contributed by atoms with Crippen molar-refractivity contribution in [2.45, 2.75) is 50.7 Å². The summed E-state index contributed by atoms with van der Waals surface area (Å²) in [5.74, 6) is -0.281. The second kappa shape index (κ2) is 9.99. The summed E-state index contributed by atoms with van der Waals surface area (Å²) in [5, 5.41) is 12.1. The lowest BCUT2D eigenvalue weighted by molar-refractivity contribution is -0.120. The van der Waals surface area contributed by atoms with Crippen molar-refractivity contribution in [3.8, 4) is 6.07 Å². The molecule has 2 aromatic rings. The van der Waals surface area contributed by atoms with Crippen molar-refractivity contribution >= 4 is 22.7 Å². The molecule has 2 N–H and O–H groups in total. The topological polar surface area (TPSA) is 109 Å². The normalized spacial score (nSPS) is 25.4. The number of fused-ring (bicyclic) bond motifs is 2. The number of anilines is 1. The highest BCUT2D eigenvalue weighted by Crippen LogP contribution is 2.47. The first-order valence-corrected chi connectivity index (χ1v) is 12.9. The Balaban J connectivity index is 1.53. The highest BCUT2D eigenvalue weighted by Gasteiger charge is 2.48. The molecule has 1 aromatic carbocycles. The summed E-state index contributed by atoms with van der Waals surface area (Å²) in [5.41, 5.74) is 4.45. The van der Waals surface area contributed by atoms with E-state index in [2.05, 4.69) is 59.5 Å². The number of H-pyrrole nitrogens is 1. The maximum Gasteiger partial charge on any atom is 0.291 e. The summed E-state index contributed by atoms with van der Waals surface area (Å²) in [6, 6.07) is 8.13. The van der Waals surface area contributed by atoms with Crippen LogP contribution < -0.4 is 5.32 Å². The lowest BCUT2D eigenvalue weighted by Gasteiger charge is -2.39. The fraction of sp³-hybridized carbons (Fsp3) is 0.433. The van der Waals surface area contributed by atoms with Crippen molar-refractivity contribution in [3.63, 3.8) is 0 Å². The largest absolute Gasteiger partial charge is 0.381 e. The van der Waals surface area contributed by atoms with Crippen LogP contribution in [-0.2, 0) is 14.2 Å². The van der Waals surface area contributed by atoms with Crippen LogP contribution in [0.1, 0.15) is 67.0 Å². The van der Waals surface area contributed by atoms with Crippen LogP contribution in [0.15, 0.2) is 48.7 Å². The van der Waals surface area contributed by atoms with Gasteiger partial charge in [-0.3, -0.25) is 4.79 Å². The molecule has 2 aliphatic heterocycles. The number of nitrogens with one attached hydrogen (secondary N) is 2. The Morgan fingerprint density at radius 3 is 2.71 bits per heavy atom. The molecular weight excluding hydrogens is 480 g/mol. The van der Waals surface area contributed by atoms with Crippen LogP contribution in [0.4, 0.5) is 5.69 Å². The number of ether oxygens (including phenoxy) is 3. The molecule has 3 heterocycles. The van der Waals surface area contributed by atoms with E-state index in [9.17, 15) is 4.79 Å². The number of nitrogens with zero attached hydrogens (tertiary/aromatic N) is 2. The van der Waals surface area contributed by atoms with Crippen LogP contribution in [-0.4, -0.2) is 54.5 Å². The van der Waals surface area contributed by atoms with Gasteiger partial charge in [0.15, 0.2) is 5.82 Å². The Morgan fingerprint density at radius 1 is 1.21 bits per heavy atom. The number of nitriles is 1. The van der Waals surface area contributed by atoms with E-state index in [1.165, 1.54) is 11.8 Å². The zero-order valence-electron chi connectivity index (χ0n) is 22.4. The molecule has 1 aromatic heterocycles. The maximum absolute atomic E-state index is 13.0. The predicted molar refractivity (Wildman–Crippen MR) is 145 cm³/mol. The second-order valence-corrected chi connectivity index (χ2v) is 11.2. The Morgan fingerprint density at radius 2 is 2.03 bits per heavy atom. The Bertz CT molecular complexity index is 1380. The van der Waals surface area contributed by atoms with E-state index in [1.807, 2.05) is 18.2 Å². The molecule has 1 aliphatic carbocycles. The standard InChI is InChI=1S/C30H34N4O4/c1-28(2)9-7-20(8-10-28)24-13-21(5-6-25(24)34-27(35)26-32-17-23(16-31)33-26)22-14-29(18-36-3)11-12-30(15-22,38-29)19-37-4/h5-7,11-14,17H,8-10,15,18-19H2,1-4H3,(H,32,33)(H,34,35)/t29-,30-/m0/s1. The van der Waals surface area contributed by atoms with Gasteiger partial charge >= 0.3 is 0 Å². The number of rotatable bonds is 8. The molecule has 5 rings (SSSR count). The van der Waals surface area contributed by atoms with Gasteiger partial charge in [0.1, 0.15) is 23.0 Å². The van der Waals surface area contributed by atoms with E-state index < -0.39 is 11.2 Å². The van der Waals surface area contributed by atoms with Gasteiger partial charge in [0.25, 0.3) is 5.91 Å². The number of aromatic amines is 1. The number of carbonyl (C=O) groups excluding carboxylic acids is 1. The van der Waals surface area contributed by atoms with Gasteiger partial charge in [-0.2, -0.15) is 5.26 Å². The zero-order valence-corrected chi connectivity index (χ0v) is 22.4. The first kappa shape index (κ1) is 26.1. The van der Waals surface area contributed by atoms with Gasteiger partial charge in [0, 0.05) is 31.9 Å². The Hall–Kier alpha value is -3.51. The van der Waals surface area contributed by atoms with Crippen LogP contribution >= 0.6 is 0 Å². The van der Waals surface area contributed by atoms with Crippen molar-refractivity contribution in [2.24, 2.45) is 5.41 Å². The SMILES string of the molecule is COC[C@]12C=C[C@@](COC)(CC(c3ccc(NC(=O)c4ncc(C#N)[nH]4)c(C4=CCC(C)(C)CC4)c3)=C1)O2. The van der Waals surface area contributed by atoms with Crippen LogP contribution in [0, 0.1) is 16.7 Å². The van der Waals surface area contributed by atoms with E-state index in [1.54, 1.807) is 14.2 Å². The fourth-order valence-electron chi connectivity index (χ4n) is 5.60. The minimum atomic E-state index is -0.639. The molecule has 38 heavy (non-hydrogen) atoms. The molecule has 1 amide bonds. The first-order chi connectivity index (χ1) is 18.2. The van der Waals surface area contributed by atoms with E-state index >= 15 is 0 Å². The van der Waals surface area contributed by atoms with Gasteiger partial charge in [-0.1, -0.05) is 32.1 Å². The average molecular weight is 515 g/mol. The summed E-state index contributed by atoms with van der Waals surface area (Å²) in [7, 11) is 3.36. The molecule has 0 spiro atoms. The van der Waals surface area contributed by atoms with E-state index in [-0.39, 0.29) is 22.8 Å². The van der Waals surface area contributed by atoms with Crippen LogP contribution in [0.5, 0.6) is 0 Å². The molecule has 0 fully saturated rings. The zero-order chi connectivity index (χ0) is 27.0. The third-order valence-electron chi connectivity index (χ3n) is 7.60. The molecule has 0 radical (unpaired) electrons. The minimum Gasteiger partial charge on any atom is -0.381 e. The third-order valence-corrected chi connectivity index (χ3v) is 7.60. The highest BCUT2D eigenvalue weighted by atomic mass is 16.6. The van der Waals surface area contributed by atoms with Crippen molar-refractivity contribution in [2.75, 3.05) is 32.8 Å². The smallest absolute Gasteiger partial charge is 0.291 e.